The highest BCUT2D eigenvalue weighted by atomic mass is 35.5. The molecular weight excluding hydrogens is 357 g/mol. The molecule has 2 aliphatic rings. The van der Waals surface area contributed by atoms with Gasteiger partial charge >= 0.3 is 0 Å². The van der Waals surface area contributed by atoms with Crippen LogP contribution in [-0.4, -0.2) is 30.0 Å². The molecule has 1 saturated heterocycles. The molecule has 3 rings (SSSR count). The molecule has 1 saturated carbocycles. The third-order valence-electron chi connectivity index (χ3n) is 5.24. The first-order valence-electron chi connectivity index (χ1n) is 8.92. The lowest BCUT2D eigenvalue weighted by Gasteiger charge is -2.35. The van der Waals surface area contributed by atoms with Crippen LogP contribution in [-0.2, 0) is 11.2 Å². The van der Waals surface area contributed by atoms with Gasteiger partial charge < -0.3 is 9.64 Å². The lowest BCUT2D eigenvalue weighted by molar-refractivity contribution is -0.130. The summed E-state index contributed by atoms with van der Waals surface area (Å²) < 4.78 is 5.41. The minimum Gasteiger partial charge on any atom is -0.481 e. The molecule has 1 aliphatic heterocycles. The summed E-state index contributed by atoms with van der Waals surface area (Å²) in [7, 11) is 0. The Morgan fingerprint density at radius 1 is 1.24 bits per heavy atom. The van der Waals surface area contributed by atoms with E-state index in [-0.39, 0.29) is 6.61 Å². The Bertz CT molecular complexity index is 660. The van der Waals surface area contributed by atoms with Gasteiger partial charge in [-0.2, -0.15) is 0 Å². The molecule has 2 unspecified atom stereocenters. The molecule has 1 aromatic rings. The predicted molar refractivity (Wildman–Crippen MR) is 101 cm³/mol. The van der Waals surface area contributed by atoms with Crippen molar-refractivity contribution in [3.63, 3.8) is 0 Å². The van der Waals surface area contributed by atoms with Gasteiger partial charge in [0.05, 0.1) is 0 Å². The molecule has 1 aromatic carbocycles. The van der Waals surface area contributed by atoms with Crippen LogP contribution >= 0.6 is 23.2 Å². The van der Waals surface area contributed by atoms with E-state index in [2.05, 4.69) is 10.8 Å². The predicted octanol–water partition coefficient (Wildman–Crippen LogP) is 4.73. The van der Waals surface area contributed by atoms with Gasteiger partial charge in [0.15, 0.2) is 0 Å². The molecule has 0 N–H and O–H groups in total. The average Bonchev–Trinajstić information content (AvgIpc) is 3.02. The van der Waals surface area contributed by atoms with Crippen LogP contribution in [0.25, 0.3) is 0 Å². The van der Waals surface area contributed by atoms with Crippen molar-refractivity contribution >= 4 is 29.1 Å². The van der Waals surface area contributed by atoms with E-state index >= 15 is 0 Å². The van der Waals surface area contributed by atoms with Gasteiger partial charge in [0.1, 0.15) is 12.4 Å². The second kappa shape index (κ2) is 8.34. The van der Waals surface area contributed by atoms with E-state index < -0.39 is 0 Å². The van der Waals surface area contributed by atoms with E-state index in [4.69, 9.17) is 34.4 Å². The van der Waals surface area contributed by atoms with Crippen molar-refractivity contribution in [2.75, 3.05) is 13.2 Å². The van der Waals surface area contributed by atoms with Crippen LogP contribution in [0.2, 0.25) is 10.0 Å². The van der Waals surface area contributed by atoms with E-state index in [0.717, 1.165) is 50.6 Å². The summed E-state index contributed by atoms with van der Waals surface area (Å²) in [6, 6.07) is 3.94. The average molecular weight is 380 g/mol. The summed E-state index contributed by atoms with van der Waals surface area (Å²) >= 11 is 12.9. The van der Waals surface area contributed by atoms with Crippen LogP contribution < -0.4 is 4.74 Å². The molecule has 5 heteroatoms. The van der Waals surface area contributed by atoms with Gasteiger partial charge in [0.25, 0.3) is 0 Å². The number of terminal acetylenes is 1. The molecule has 0 bridgehead atoms. The zero-order chi connectivity index (χ0) is 17.8. The quantitative estimate of drug-likeness (QED) is 0.692. The van der Waals surface area contributed by atoms with Crippen LogP contribution in [0, 0.1) is 18.3 Å². The summed E-state index contributed by atoms with van der Waals surface area (Å²) in [5.41, 5.74) is 0.967. The van der Waals surface area contributed by atoms with E-state index in [1.54, 1.807) is 12.1 Å². The summed E-state index contributed by atoms with van der Waals surface area (Å²) in [5.74, 6) is 3.84. The van der Waals surface area contributed by atoms with Crippen molar-refractivity contribution < 1.29 is 9.53 Å². The molecule has 0 spiro atoms. The number of hydrogen-bond donors (Lipinski definition) is 0. The monoisotopic (exact) mass is 379 g/mol. The summed E-state index contributed by atoms with van der Waals surface area (Å²) in [4.78, 5) is 14.1. The van der Waals surface area contributed by atoms with Crippen LogP contribution in [0.15, 0.2) is 12.1 Å². The van der Waals surface area contributed by atoms with Gasteiger partial charge in [0, 0.05) is 29.1 Å². The fourth-order valence-corrected chi connectivity index (χ4v) is 4.68. The topological polar surface area (TPSA) is 29.5 Å². The van der Waals surface area contributed by atoms with Crippen molar-refractivity contribution in [3.05, 3.63) is 27.7 Å². The van der Waals surface area contributed by atoms with Crippen LogP contribution in [0.1, 0.15) is 44.1 Å². The number of nitrogens with zero attached hydrogens (tertiary/aromatic N) is 1. The third kappa shape index (κ3) is 4.43. The highest BCUT2D eigenvalue weighted by Crippen LogP contribution is 2.37. The van der Waals surface area contributed by atoms with Gasteiger partial charge in [-0.05, 0) is 55.7 Å². The van der Waals surface area contributed by atoms with Gasteiger partial charge in [-0.3, -0.25) is 4.79 Å². The number of rotatable bonds is 5. The zero-order valence-corrected chi connectivity index (χ0v) is 15.8. The van der Waals surface area contributed by atoms with Crippen molar-refractivity contribution in [2.24, 2.45) is 5.92 Å². The van der Waals surface area contributed by atoms with Gasteiger partial charge in [0.2, 0.25) is 5.91 Å². The minimum atomic E-state index is 0.195. The molecule has 2 atom stereocenters. The van der Waals surface area contributed by atoms with E-state index in [9.17, 15) is 4.79 Å². The summed E-state index contributed by atoms with van der Waals surface area (Å²) in [5, 5.41) is 1.25. The van der Waals surface area contributed by atoms with E-state index in [1.165, 1.54) is 0 Å². The lowest BCUT2D eigenvalue weighted by Crippen LogP contribution is -2.39. The maximum Gasteiger partial charge on any atom is 0.222 e. The number of carbonyl (C=O) groups excluding carboxylic acids is 1. The van der Waals surface area contributed by atoms with Crippen molar-refractivity contribution in [3.8, 4) is 18.1 Å². The summed E-state index contributed by atoms with van der Waals surface area (Å²) in [6.07, 6.45) is 12.2. The maximum atomic E-state index is 12.0. The van der Waals surface area contributed by atoms with Gasteiger partial charge in [-0.1, -0.05) is 35.5 Å². The second-order valence-electron chi connectivity index (χ2n) is 6.94. The van der Waals surface area contributed by atoms with E-state index in [1.807, 2.05) is 0 Å². The highest BCUT2D eigenvalue weighted by molar-refractivity contribution is 6.36. The molecule has 3 nitrogen and oxygen atoms in total. The zero-order valence-electron chi connectivity index (χ0n) is 14.3. The number of carbonyl (C=O) groups is 1. The number of halogens is 2. The first kappa shape index (κ1) is 18.4. The highest BCUT2D eigenvalue weighted by Gasteiger charge is 2.32. The Hall–Kier alpha value is -1.37. The van der Waals surface area contributed by atoms with Gasteiger partial charge in [-0.15, -0.1) is 6.42 Å². The van der Waals surface area contributed by atoms with Crippen LogP contribution in [0.4, 0.5) is 0 Å². The van der Waals surface area contributed by atoms with E-state index in [0.29, 0.717) is 40.1 Å². The minimum absolute atomic E-state index is 0.195. The number of likely N-dealkylation sites (tertiary alicyclic amines) is 1. The number of hydrogen-bond acceptors (Lipinski definition) is 2. The fraction of sp³-hybridized carbons (Fsp3) is 0.550. The molecule has 1 aliphatic carbocycles. The molecule has 134 valence electrons. The van der Waals surface area contributed by atoms with Crippen LogP contribution in [0.3, 0.4) is 0 Å². The maximum absolute atomic E-state index is 12.0. The number of benzene rings is 1. The Kier molecular flexibility index (Phi) is 6.15. The molecule has 0 radical (unpaired) electrons. The fourth-order valence-electron chi connectivity index (χ4n) is 4.06. The normalized spacial score (nSPS) is 23.6. The Labute approximate surface area is 159 Å². The largest absolute Gasteiger partial charge is 0.481 e. The Morgan fingerprint density at radius 2 is 2.00 bits per heavy atom. The van der Waals surface area contributed by atoms with Crippen molar-refractivity contribution in [1.82, 2.24) is 4.90 Å². The smallest absolute Gasteiger partial charge is 0.222 e. The molecule has 0 aromatic heterocycles. The first-order chi connectivity index (χ1) is 12.1. The van der Waals surface area contributed by atoms with Crippen LogP contribution in [0.5, 0.6) is 5.75 Å². The molecule has 25 heavy (non-hydrogen) atoms. The number of amides is 1. The van der Waals surface area contributed by atoms with Crippen molar-refractivity contribution in [1.29, 1.82) is 0 Å². The molecular formula is C20H23Cl2NO2. The lowest BCUT2D eigenvalue weighted by atomic mass is 9.81. The summed E-state index contributed by atoms with van der Waals surface area (Å²) in [6.45, 7) is 1.11. The third-order valence-corrected chi connectivity index (χ3v) is 5.91. The Morgan fingerprint density at radius 3 is 2.64 bits per heavy atom. The van der Waals surface area contributed by atoms with Crippen molar-refractivity contribution in [2.45, 2.75) is 51.0 Å². The first-order valence-corrected chi connectivity index (χ1v) is 9.67. The molecule has 2 fully saturated rings. The molecule has 1 heterocycles. The SMILES string of the molecule is C#CCOc1cc(Cl)c(CC2CCCC(N3CCCC3=O)C2)c(Cl)c1. The Balaban J connectivity index is 1.67. The van der Waals surface area contributed by atoms with Gasteiger partial charge in [-0.25, -0.2) is 0 Å². The number of ether oxygens (including phenoxy) is 1. The molecule has 1 amide bonds. The standard InChI is InChI=1S/C20H23Cl2NO2/c1-2-9-25-16-12-18(21)17(19(22)13-16)11-14-5-3-6-15(10-14)23-8-4-7-20(23)24/h1,12-15H,3-11H2. The second-order valence-corrected chi connectivity index (χ2v) is 7.75.